The number of carbonyl (C=O) groups excluding carboxylic acids is 1. The first kappa shape index (κ1) is 15.9. The minimum atomic E-state index is -0.0479. The third kappa shape index (κ3) is 2.80. The van der Waals surface area contributed by atoms with Crippen molar-refractivity contribution in [3.05, 3.63) is 59.2 Å². The van der Waals surface area contributed by atoms with Crippen LogP contribution in [0, 0.1) is 13.8 Å². The van der Waals surface area contributed by atoms with Crippen LogP contribution in [0.25, 0.3) is 5.69 Å². The number of amides is 1. The summed E-state index contributed by atoms with van der Waals surface area (Å²) in [5.41, 5.74) is 3.68. The maximum absolute atomic E-state index is 12.8. The Morgan fingerprint density at radius 1 is 1.21 bits per heavy atom. The van der Waals surface area contributed by atoms with Crippen LogP contribution < -0.4 is 0 Å². The molecule has 3 aromatic rings. The van der Waals surface area contributed by atoms with Crippen molar-refractivity contribution in [3.8, 4) is 5.69 Å². The SMILES string of the molecule is Cc1cc(C(=O)N(C)Cc2nnnn2C)c(C)n1-c1ccccc1. The summed E-state index contributed by atoms with van der Waals surface area (Å²) in [6, 6.07) is 11.9. The molecule has 0 aliphatic heterocycles. The lowest BCUT2D eigenvalue weighted by Gasteiger charge is -2.16. The summed E-state index contributed by atoms with van der Waals surface area (Å²) in [5.74, 6) is 0.594. The van der Waals surface area contributed by atoms with Crippen LogP contribution in [-0.2, 0) is 13.6 Å². The van der Waals surface area contributed by atoms with E-state index in [1.54, 1.807) is 23.7 Å². The van der Waals surface area contributed by atoms with Crippen molar-refractivity contribution in [2.75, 3.05) is 7.05 Å². The second-order valence-electron chi connectivity index (χ2n) is 5.84. The summed E-state index contributed by atoms with van der Waals surface area (Å²) < 4.78 is 3.65. The smallest absolute Gasteiger partial charge is 0.255 e. The van der Waals surface area contributed by atoms with Crippen molar-refractivity contribution in [1.29, 1.82) is 0 Å². The third-order valence-corrected chi connectivity index (χ3v) is 4.11. The summed E-state index contributed by atoms with van der Waals surface area (Å²) >= 11 is 0. The minimum absolute atomic E-state index is 0.0479. The molecule has 0 atom stereocenters. The van der Waals surface area contributed by atoms with Crippen molar-refractivity contribution >= 4 is 5.91 Å². The van der Waals surface area contributed by atoms with Gasteiger partial charge in [0.25, 0.3) is 5.91 Å². The van der Waals surface area contributed by atoms with Gasteiger partial charge in [-0.3, -0.25) is 4.79 Å². The zero-order valence-corrected chi connectivity index (χ0v) is 14.3. The lowest BCUT2D eigenvalue weighted by Crippen LogP contribution is -2.28. The van der Waals surface area contributed by atoms with Gasteiger partial charge < -0.3 is 9.47 Å². The van der Waals surface area contributed by atoms with Crippen LogP contribution in [0.4, 0.5) is 0 Å². The predicted molar refractivity (Wildman–Crippen MR) is 89.8 cm³/mol. The first-order valence-corrected chi connectivity index (χ1v) is 7.70. The molecule has 7 nitrogen and oxygen atoms in total. The molecule has 24 heavy (non-hydrogen) atoms. The maximum atomic E-state index is 12.8. The molecule has 1 aromatic carbocycles. The summed E-state index contributed by atoms with van der Waals surface area (Å²) in [7, 11) is 3.51. The van der Waals surface area contributed by atoms with Gasteiger partial charge >= 0.3 is 0 Å². The average Bonchev–Trinajstić information content (AvgIpc) is 3.10. The number of hydrogen-bond acceptors (Lipinski definition) is 4. The molecule has 0 aliphatic carbocycles. The van der Waals surface area contributed by atoms with E-state index in [1.165, 1.54) is 0 Å². The van der Waals surface area contributed by atoms with Gasteiger partial charge in [0, 0.05) is 31.2 Å². The summed E-state index contributed by atoms with van der Waals surface area (Å²) in [5, 5.41) is 11.3. The van der Waals surface area contributed by atoms with E-state index in [1.807, 2.05) is 50.2 Å². The van der Waals surface area contributed by atoms with Gasteiger partial charge in [-0.25, -0.2) is 4.68 Å². The van der Waals surface area contributed by atoms with Gasteiger partial charge in [-0.1, -0.05) is 18.2 Å². The number of hydrogen-bond donors (Lipinski definition) is 0. The van der Waals surface area contributed by atoms with Crippen molar-refractivity contribution in [1.82, 2.24) is 29.7 Å². The molecule has 0 spiro atoms. The van der Waals surface area contributed by atoms with Crippen LogP contribution in [0.15, 0.2) is 36.4 Å². The van der Waals surface area contributed by atoms with Gasteiger partial charge in [0.05, 0.1) is 12.1 Å². The normalized spacial score (nSPS) is 10.8. The summed E-state index contributed by atoms with van der Waals surface area (Å²) in [6.45, 7) is 4.33. The Hall–Kier alpha value is -2.96. The van der Waals surface area contributed by atoms with Gasteiger partial charge in [-0.05, 0) is 42.5 Å². The van der Waals surface area contributed by atoms with Crippen molar-refractivity contribution in [2.45, 2.75) is 20.4 Å². The highest BCUT2D eigenvalue weighted by molar-refractivity contribution is 5.95. The van der Waals surface area contributed by atoms with E-state index >= 15 is 0 Å². The Balaban J connectivity index is 1.90. The monoisotopic (exact) mass is 324 g/mol. The lowest BCUT2D eigenvalue weighted by atomic mass is 10.2. The lowest BCUT2D eigenvalue weighted by molar-refractivity contribution is 0.0779. The highest BCUT2D eigenvalue weighted by Crippen LogP contribution is 2.22. The van der Waals surface area contributed by atoms with E-state index < -0.39 is 0 Å². The third-order valence-electron chi connectivity index (χ3n) is 4.11. The molecule has 0 aliphatic rings. The number of rotatable bonds is 4. The van der Waals surface area contributed by atoms with Gasteiger partial charge in [0.1, 0.15) is 0 Å². The van der Waals surface area contributed by atoms with Crippen LogP contribution in [0.5, 0.6) is 0 Å². The van der Waals surface area contributed by atoms with Crippen LogP contribution in [0.2, 0.25) is 0 Å². The molecule has 0 N–H and O–H groups in total. The van der Waals surface area contributed by atoms with Crippen LogP contribution >= 0.6 is 0 Å². The van der Waals surface area contributed by atoms with Crippen molar-refractivity contribution in [3.63, 3.8) is 0 Å². The second-order valence-corrected chi connectivity index (χ2v) is 5.84. The second kappa shape index (κ2) is 6.27. The maximum Gasteiger partial charge on any atom is 0.255 e. The van der Waals surface area contributed by atoms with Gasteiger partial charge in [0.15, 0.2) is 5.82 Å². The number of nitrogens with zero attached hydrogens (tertiary/aromatic N) is 6. The zero-order chi connectivity index (χ0) is 17.3. The highest BCUT2D eigenvalue weighted by Gasteiger charge is 2.21. The first-order valence-electron chi connectivity index (χ1n) is 7.70. The molecule has 3 rings (SSSR count). The van der Waals surface area contributed by atoms with Gasteiger partial charge in [-0.2, -0.15) is 0 Å². The molecular formula is C17H20N6O. The van der Waals surface area contributed by atoms with E-state index in [4.69, 9.17) is 0 Å². The molecule has 2 heterocycles. The fourth-order valence-corrected chi connectivity index (χ4v) is 2.83. The number of benzene rings is 1. The fraction of sp³-hybridized carbons (Fsp3) is 0.294. The fourth-order valence-electron chi connectivity index (χ4n) is 2.83. The molecular weight excluding hydrogens is 304 g/mol. The van der Waals surface area contributed by atoms with Crippen LogP contribution in [-0.4, -0.2) is 42.6 Å². The largest absolute Gasteiger partial charge is 0.334 e. The van der Waals surface area contributed by atoms with Gasteiger partial charge in [0.2, 0.25) is 0 Å². The summed E-state index contributed by atoms with van der Waals surface area (Å²) in [6.07, 6.45) is 0. The number of tetrazole rings is 1. The Morgan fingerprint density at radius 3 is 2.54 bits per heavy atom. The van der Waals surface area contributed by atoms with E-state index in [9.17, 15) is 4.79 Å². The average molecular weight is 324 g/mol. The molecule has 2 aromatic heterocycles. The molecule has 0 saturated carbocycles. The number of para-hydroxylation sites is 1. The van der Waals surface area contributed by atoms with Crippen molar-refractivity contribution < 1.29 is 4.79 Å². The molecule has 0 saturated heterocycles. The Morgan fingerprint density at radius 2 is 1.92 bits per heavy atom. The zero-order valence-electron chi connectivity index (χ0n) is 14.3. The topological polar surface area (TPSA) is 68.8 Å². The van der Waals surface area contributed by atoms with E-state index in [2.05, 4.69) is 20.1 Å². The van der Waals surface area contributed by atoms with E-state index in [0.717, 1.165) is 17.1 Å². The number of carbonyl (C=O) groups is 1. The number of aryl methyl sites for hydroxylation is 2. The van der Waals surface area contributed by atoms with Crippen molar-refractivity contribution in [2.24, 2.45) is 7.05 Å². The van der Waals surface area contributed by atoms with Gasteiger partial charge in [-0.15, -0.1) is 5.10 Å². The molecule has 7 heteroatoms. The van der Waals surface area contributed by atoms with Crippen LogP contribution in [0.1, 0.15) is 27.6 Å². The molecule has 0 fully saturated rings. The summed E-state index contributed by atoms with van der Waals surface area (Å²) in [4.78, 5) is 14.5. The molecule has 0 unspecified atom stereocenters. The molecule has 1 amide bonds. The Bertz CT molecular complexity index is 865. The minimum Gasteiger partial charge on any atom is -0.334 e. The van der Waals surface area contributed by atoms with Crippen LogP contribution in [0.3, 0.4) is 0 Å². The molecule has 0 radical (unpaired) electrons. The highest BCUT2D eigenvalue weighted by atomic mass is 16.2. The Kier molecular flexibility index (Phi) is 4.16. The number of aromatic nitrogens is 5. The van der Waals surface area contributed by atoms with E-state index in [-0.39, 0.29) is 5.91 Å². The predicted octanol–water partition coefficient (Wildman–Crippen LogP) is 1.89. The molecule has 124 valence electrons. The Labute approximate surface area is 140 Å². The quantitative estimate of drug-likeness (QED) is 0.735. The van der Waals surface area contributed by atoms with E-state index in [0.29, 0.717) is 17.9 Å². The first-order chi connectivity index (χ1) is 11.5. The standard InChI is InChI=1S/C17H20N6O/c1-12-10-15(13(2)23(12)14-8-6-5-7-9-14)17(24)21(3)11-16-18-19-20-22(16)4/h5-10H,11H2,1-4H3. The molecule has 0 bridgehead atoms.